The number of nitrogen functional groups attached to an aromatic ring is 1. The highest BCUT2D eigenvalue weighted by Gasteiger charge is 2.16. The molecule has 0 saturated carbocycles. The quantitative estimate of drug-likeness (QED) is 0.602. The van der Waals surface area contributed by atoms with E-state index in [2.05, 4.69) is 4.98 Å². The van der Waals surface area contributed by atoms with Crippen molar-refractivity contribution in [2.24, 2.45) is 0 Å². The van der Waals surface area contributed by atoms with E-state index in [0.717, 1.165) is 0 Å². The summed E-state index contributed by atoms with van der Waals surface area (Å²) in [4.78, 5) is 3.76. The maximum atomic E-state index is 12.8. The van der Waals surface area contributed by atoms with Crippen molar-refractivity contribution in [3.63, 3.8) is 0 Å². The average molecular weight is 168 g/mol. The van der Waals surface area contributed by atoms with Gasteiger partial charge in [0.2, 0.25) is 5.95 Å². The zero-order valence-corrected chi connectivity index (χ0v) is 7.56. The second-order valence-electron chi connectivity index (χ2n) is 3.86. The summed E-state index contributed by atoms with van der Waals surface area (Å²) < 4.78 is 12.8. The van der Waals surface area contributed by atoms with Gasteiger partial charge in [-0.05, 0) is 6.07 Å². The summed E-state index contributed by atoms with van der Waals surface area (Å²) in [7, 11) is 0. The number of nitrogens with zero attached hydrogens (tertiary/aromatic N) is 1. The van der Waals surface area contributed by atoms with Gasteiger partial charge in [-0.25, -0.2) is 4.98 Å². The first-order valence-electron chi connectivity index (χ1n) is 3.83. The van der Waals surface area contributed by atoms with Gasteiger partial charge >= 0.3 is 0 Å². The van der Waals surface area contributed by atoms with Crippen molar-refractivity contribution < 1.29 is 4.39 Å². The van der Waals surface area contributed by atoms with E-state index >= 15 is 0 Å². The lowest BCUT2D eigenvalue weighted by atomic mass is 9.91. The van der Waals surface area contributed by atoms with E-state index < -0.39 is 5.95 Å². The number of pyridine rings is 1. The fourth-order valence-electron chi connectivity index (χ4n) is 0.901. The Bertz CT molecular complexity index is 269. The molecule has 0 unspecified atom stereocenters. The van der Waals surface area contributed by atoms with Gasteiger partial charge in [-0.2, -0.15) is 4.39 Å². The van der Waals surface area contributed by atoms with Crippen molar-refractivity contribution in [2.45, 2.75) is 26.2 Å². The number of aromatic nitrogens is 1. The fourth-order valence-corrected chi connectivity index (χ4v) is 0.901. The van der Waals surface area contributed by atoms with E-state index in [0.29, 0.717) is 11.4 Å². The van der Waals surface area contributed by atoms with Crippen LogP contribution >= 0.6 is 0 Å². The molecule has 0 fully saturated rings. The second kappa shape index (κ2) is 2.73. The first kappa shape index (κ1) is 8.97. The molecule has 0 aliphatic rings. The first-order valence-corrected chi connectivity index (χ1v) is 3.83. The van der Waals surface area contributed by atoms with Crippen LogP contribution in [0.2, 0.25) is 0 Å². The number of nitrogens with two attached hydrogens (primary N) is 1. The summed E-state index contributed by atoms with van der Waals surface area (Å²) in [5, 5.41) is 0. The molecule has 0 spiro atoms. The first-order chi connectivity index (χ1) is 5.39. The fraction of sp³-hybridized carbons (Fsp3) is 0.444. The average Bonchev–Trinajstić information content (AvgIpc) is 1.82. The molecule has 1 heterocycles. The minimum atomic E-state index is -0.514. The third kappa shape index (κ3) is 1.94. The Balaban J connectivity index is 3.18. The van der Waals surface area contributed by atoms with Gasteiger partial charge in [0.15, 0.2) is 0 Å². The molecule has 3 heteroatoms. The summed E-state index contributed by atoms with van der Waals surface area (Å²) in [6.45, 7) is 5.90. The van der Waals surface area contributed by atoms with Crippen LogP contribution in [0.5, 0.6) is 0 Å². The van der Waals surface area contributed by atoms with Crippen LogP contribution < -0.4 is 5.73 Å². The Labute approximate surface area is 71.6 Å². The highest BCUT2D eigenvalue weighted by Crippen LogP contribution is 2.21. The van der Waals surface area contributed by atoms with Gasteiger partial charge in [0, 0.05) is 17.2 Å². The highest BCUT2D eigenvalue weighted by molar-refractivity contribution is 5.39. The summed E-state index contributed by atoms with van der Waals surface area (Å²) in [5.41, 5.74) is 6.42. The monoisotopic (exact) mass is 168 g/mol. The van der Waals surface area contributed by atoms with Crippen LogP contribution in [0.1, 0.15) is 26.5 Å². The van der Waals surface area contributed by atoms with Crippen molar-refractivity contribution >= 4 is 5.69 Å². The van der Waals surface area contributed by atoms with Crippen LogP contribution in [0.15, 0.2) is 12.1 Å². The lowest BCUT2D eigenvalue weighted by molar-refractivity contribution is 0.524. The van der Waals surface area contributed by atoms with E-state index in [9.17, 15) is 4.39 Å². The normalized spacial score (nSPS) is 11.7. The van der Waals surface area contributed by atoms with Gasteiger partial charge in [0.1, 0.15) is 0 Å². The van der Waals surface area contributed by atoms with E-state index in [1.54, 1.807) is 6.07 Å². The van der Waals surface area contributed by atoms with Gasteiger partial charge in [-0.3, -0.25) is 0 Å². The Morgan fingerprint density at radius 1 is 1.33 bits per heavy atom. The number of rotatable bonds is 0. The van der Waals surface area contributed by atoms with Crippen molar-refractivity contribution in [1.82, 2.24) is 4.98 Å². The van der Waals surface area contributed by atoms with Crippen molar-refractivity contribution in [1.29, 1.82) is 0 Å². The Morgan fingerprint density at radius 3 is 2.33 bits per heavy atom. The predicted octanol–water partition coefficient (Wildman–Crippen LogP) is 2.10. The lowest BCUT2D eigenvalue weighted by Crippen LogP contribution is -2.14. The van der Waals surface area contributed by atoms with Gasteiger partial charge < -0.3 is 5.73 Å². The molecule has 2 N–H and O–H groups in total. The highest BCUT2D eigenvalue weighted by atomic mass is 19.1. The molecule has 0 bridgehead atoms. The molecular formula is C9H13FN2. The lowest BCUT2D eigenvalue weighted by Gasteiger charge is -2.17. The Hall–Kier alpha value is -1.12. The van der Waals surface area contributed by atoms with E-state index in [1.807, 2.05) is 20.8 Å². The zero-order valence-electron chi connectivity index (χ0n) is 7.56. The maximum Gasteiger partial charge on any atom is 0.215 e. The minimum absolute atomic E-state index is 0.157. The topological polar surface area (TPSA) is 38.9 Å². The van der Waals surface area contributed by atoms with Crippen molar-refractivity contribution in [2.75, 3.05) is 5.73 Å². The van der Waals surface area contributed by atoms with Crippen LogP contribution in [-0.4, -0.2) is 4.98 Å². The molecule has 66 valence electrons. The van der Waals surface area contributed by atoms with Gasteiger partial charge in [-0.1, -0.05) is 20.8 Å². The molecule has 0 amide bonds. The molecule has 12 heavy (non-hydrogen) atoms. The maximum absolute atomic E-state index is 12.8. The van der Waals surface area contributed by atoms with Gasteiger partial charge in [0.25, 0.3) is 0 Å². The van der Waals surface area contributed by atoms with Gasteiger partial charge in [0.05, 0.1) is 5.69 Å². The van der Waals surface area contributed by atoms with Crippen molar-refractivity contribution in [3.8, 4) is 0 Å². The third-order valence-corrected chi connectivity index (χ3v) is 1.58. The molecule has 2 nitrogen and oxygen atoms in total. The molecule has 1 aromatic rings. The largest absolute Gasteiger partial charge is 0.399 e. The summed E-state index contributed by atoms with van der Waals surface area (Å²) in [6.07, 6.45) is 0. The van der Waals surface area contributed by atoms with Crippen LogP contribution in [0, 0.1) is 5.95 Å². The zero-order chi connectivity index (χ0) is 9.35. The predicted molar refractivity (Wildman–Crippen MR) is 47.3 cm³/mol. The molecule has 0 saturated heterocycles. The Morgan fingerprint density at radius 2 is 1.92 bits per heavy atom. The van der Waals surface area contributed by atoms with E-state index in [-0.39, 0.29) is 5.41 Å². The molecular weight excluding hydrogens is 155 g/mol. The van der Waals surface area contributed by atoms with Crippen LogP contribution in [-0.2, 0) is 5.41 Å². The van der Waals surface area contributed by atoms with Crippen molar-refractivity contribution in [3.05, 3.63) is 23.8 Å². The number of hydrogen-bond donors (Lipinski definition) is 1. The third-order valence-electron chi connectivity index (χ3n) is 1.58. The molecule has 0 atom stereocenters. The molecule has 0 aliphatic carbocycles. The summed E-state index contributed by atoms with van der Waals surface area (Å²) >= 11 is 0. The molecule has 0 aliphatic heterocycles. The standard InChI is InChI=1S/C9H13FN2/c1-9(2,3)7-4-6(11)5-8(10)12-7/h4-5H,1-3H3,(H2,11,12). The summed E-state index contributed by atoms with van der Waals surface area (Å²) in [5.74, 6) is -0.514. The van der Waals surface area contributed by atoms with E-state index in [1.165, 1.54) is 6.07 Å². The van der Waals surface area contributed by atoms with E-state index in [4.69, 9.17) is 5.73 Å². The minimum Gasteiger partial charge on any atom is -0.399 e. The van der Waals surface area contributed by atoms with Crippen LogP contribution in [0.3, 0.4) is 0 Å². The van der Waals surface area contributed by atoms with Crippen LogP contribution in [0.25, 0.3) is 0 Å². The number of hydrogen-bond acceptors (Lipinski definition) is 2. The second-order valence-corrected chi connectivity index (χ2v) is 3.86. The number of halogens is 1. The molecule has 0 radical (unpaired) electrons. The SMILES string of the molecule is CC(C)(C)c1cc(N)cc(F)n1. The smallest absolute Gasteiger partial charge is 0.215 e. The number of anilines is 1. The Kier molecular flexibility index (Phi) is 2.04. The molecule has 0 aromatic carbocycles. The summed E-state index contributed by atoms with van der Waals surface area (Å²) in [6, 6.07) is 2.92. The van der Waals surface area contributed by atoms with Crippen LogP contribution in [0.4, 0.5) is 10.1 Å². The molecule has 1 rings (SSSR count). The van der Waals surface area contributed by atoms with Gasteiger partial charge in [-0.15, -0.1) is 0 Å². The molecule has 1 aromatic heterocycles.